The molecule has 0 bridgehead atoms. The fraction of sp³-hybridized carbons (Fsp3) is 0.526. The van der Waals surface area contributed by atoms with Crippen LogP contribution in [0.2, 0.25) is 0 Å². The summed E-state index contributed by atoms with van der Waals surface area (Å²) in [5.41, 5.74) is 1.81. The van der Waals surface area contributed by atoms with Gasteiger partial charge in [0.25, 0.3) is 5.56 Å². The molecule has 124 valence electrons. The van der Waals surface area contributed by atoms with Crippen LogP contribution in [0.4, 0.5) is 0 Å². The van der Waals surface area contributed by atoms with Crippen molar-refractivity contribution in [1.82, 2.24) is 14.8 Å². The predicted octanol–water partition coefficient (Wildman–Crippen LogP) is 2.83. The Morgan fingerprint density at radius 2 is 2.13 bits per heavy atom. The van der Waals surface area contributed by atoms with Crippen LogP contribution in [0.1, 0.15) is 32.3 Å². The minimum absolute atomic E-state index is 0.0367. The van der Waals surface area contributed by atoms with E-state index in [9.17, 15) is 4.79 Å². The number of benzene rings is 1. The van der Waals surface area contributed by atoms with E-state index < -0.39 is 0 Å². The number of para-hydroxylation sites is 1. The lowest BCUT2D eigenvalue weighted by molar-refractivity contribution is 0.0861. The lowest BCUT2D eigenvalue weighted by Gasteiger charge is -2.40. The van der Waals surface area contributed by atoms with E-state index in [1.54, 1.807) is 0 Å². The number of likely N-dealkylation sites (tertiary alicyclic amines) is 1. The molecule has 1 aliphatic rings. The van der Waals surface area contributed by atoms with E-state index >= 15 is 0 Å². The summed E-state index contributed by atoms with van der Waals surface area (Å²) in [6.45, 7) is 7.54. The number of hydrogen-bond acceptors (Lipinski definition) is 3. The maximum Gasteiger partial charge on any atom is 0.252 e. The smallest absolute Gasteiger partial charge is 0.252 e. The molecule has 4 heteroatoms. The topological polar surface area (TPSA) is 39.3 Å². The minimum atomic E-state index is 0.0367. The molecule has 3 rings (SSSR count). The first kappa shape index (κ1) is 16.2. The molecule has 23 heavy (non-hydrogen) atoms. The van der Waals surface area contributed by atoms with Crippen molar-refractivity contribution in [2.24, 2.45) is 0 Å². The van der Waals surface area contributed by atoms with E-state index in [2.05, 4.69) is 41.7 Å². The molecule has 0 saturated carbocycles. The highest BCUT2D eigenvalue weighted by atomic mass is 16.1. The molecule has 1 saturated heterocycles. The van der Waals surface area contributed by atoms with Gasteiger partial charge in [0.15, 0.2) is 0 Å². The third-order valence-corrected chi connectivity index (χ3v) is 5.27. The van der Waals surface area contributed by atoms with Crippen molar-refractivity contribution >= 4 is 10.9 Å². The first-order valence-corrected chi connectivity index (χ1v) is 8.63. The van der Waals surface area contributed by atoms with Gasteiger partial charge in [0.05, 0.1) is 0 Å². The lowest BCUT2D eigenvalue weighted by Crippen LogP contribution is -2.47. The van der Waals surface area contributed by atoms with E-state index in [-0.39, 0.29) is 5.56 Å². The van der Waals surface area contributed by atoms with Crippen LogP contribution in [0, 0.1) is 0 Å². The summed E-state index contributed by atoms with van der Waals surface area (Å²) in [6.07, 6.45) is 2.36. The number of pyridine rings is 1. The molecule has 2 heterocycles. The molecular formula is C19H27N3O. The Kier molecular flexibility index (Phi) is 4.83. The van der Waals surface area contributed by atoms with Gasteiger partial charge in [-0.1, -0.05) is 25.1 Å². The quantitative estimate of drug-likeness (QED) is 0.943. The number of rotatable bonds is 4. The van der Waals surface area contributed by atoms with Gasteiger partial charge in [-0.05, 0) is 57.4 Å². The number of nitrogens with one attached hydrogen (secondary N) is 1. The van der Waals surface area contributed by atoms with Gasteiger partial charge in [0.1, 0.15) is 0 Å². The van der Waals surface area contributed by atoms with E-state index in [0.29, 0.717) is 18.6 Å². The Bertz CT molecular complexity index is 724. The fourth-order valence-electron chi connectivity index (χ4n) is 3.77. The van der Waals surface area contributed by atoms with Crippen molar-refractivity contribution in [2.45, 2.75) is 45.3 Å². The van der Waals surface area contributed by atoms with Gasteiger partial charge in [-0.2, -0.15) is 0 Å². The van der Waals surface area contributed by atoms with E-state index in [4.69, 9.17) is 0 Å². The van der Waals surface area contributed by atoms with Gasteiger partial charge in [-0.25, -0.2) is 0 Å². The van der Waals surface area contributed by atoms with Gasteiger partial charge < -0.3 is 9.88 Å². The SMILES string of the molecule is CCN1CC[C@@H](N(C)Cc2cc3ccccc3[nH]c2=O)C[C@H]1C. The van der Waals surface area contributed by atoms with E-state index in [1.165, 1.54) is 12.8 Å². The molecule has 1 N–H and O–H groups in total. The second-order valence-electron chi connectivity index (χ2n) is 6.78. The fourth-order valence-corrected chi connectivity index (χ4v) is 3.77. The monoisotopic (exact) mass is 313 g/mol. The molecule has 1 aromatic carbocycles. The molecule has 1 aliphatic heterocycles. The van der Waals surface area contributed by atoms with Crippen LogP contribution >= 0.6 is 0 Å². The van der Waals surface area contributed by atoms with Crippen molar-refractivity contribution in [3.63, 3.8) is 0 Å². The van der Waals surface area contributed by atoms with Crippen LogP contribution in [-0.2, 0) is 6.54 Å². The first-order chi connectivity index (χ1) is 11.1. The van der Waals surface area contributed by atoms with Gasteiger partial charge in [-0.3, -0.25) is 9.69 Å². The number of H-pyrrole nitrogens is 1. The second kappa shape index (κ2) is 6.85. The Hall–Kier alpha value is -1.65. The van der Waals surface area contributed by atoms with Crippen molar-refractivity contribution < 1.29 is 0 Å². The maximum absolute atomic E-state index is 12.3. The molecule has 1 fully saturated rings. The van der Waals surface area contributed by atoms with Gasteiger partial charge in [0, 0.05) is 29.7 Å². The molecule has 0 radical (unpaired) electrons. The highest BCUT2D eigenvalue weighted by Gasteiger charge is 2.27. The second-order valence-corrected chi connectivity index (χ2v) is 6.78. The van der Waals surface area contributed by atoms with Crippen LogP contribution in [0.15, 0.2) is 35.1 Å². The molecule has 2 aromatic rings. The van der Waals surface area contributed by atoms with Crippen LogP contribution in [0.5, 0.6) is 0 Å². The average molecular weight is 313 g/mol. The lowest BCUT2D eigenvalue weighted by atomic mass is 9.97. The molecule has 0 spiro atoms. The third-order valence-electron chi connectivity index (χ3n) is 5.27. The number of aromatic nitrogens is 1. The Balaban J connectivity index is 1.74. The zero-order valence-corrected chi connectivity index (χ0v) is 14.4. The number of hydrogen-bond donors (Lipinski definition) is 1. The van der Waals surface area contributed by atoms with Crippen LogP contribution < -0.4 is 5.56 Å². The zero-order valence-electron chi connectivity index (χ0n) is 14.4. The summed E-state index contributed by atoms with van der Waals surface area (Å²) in [4.78, 5) is 20.2. The minimum Gasteiger partial charge on any atom is -0.322 e. The standard InChI is InChI=1S/C19H27N3O/c1-4-22-10-9-17(11-14(22)2)21(3)13-16-12-15-7-5-6-8-18(15)20-19(16)23/h5-8,12,14,17H,4,9-11,13H2,1-3H3,(H,20,23)/t14-,17-/m1/s1. The average Bonchev–Trinajstić information content (AvgIpc) is 2.55. The molecule has 4 nitrogen and oxygen atoms in total. The zero-order chi connectivity index (χ0) is 16.4. The van der Waals surface area contributed by atoms with Gasteiger partial charge >= 0.3 is 0 Å². The number of nitrogens with zero attached hydrogens (tertiary/aromatic N) is 2. The number of fused-ring (bicyclic) bond motifs is 1. The van der Waals surface area contributed by atoms with Crippen molar-refractivity contribution in [1.29, 1.82) is 0 Å². The highest BCUT2D eigenvalue weighted by molar-refractivity contribution is 5.78. The summed E-state index contributed by atoms with van der Waals surface area (Å²) in [5.74, 6) is 0. The molecule has 2 atom stereocenters. The summed E-state index contributed by atoms with van der Waals surface area (Å²) in [7, 11) is 2.15. The Morgan fingerprint density at radius 1 is 1.35 bits per heavy atom. The Labute approximate surface area is 138 Å². The Morgan fingerprint density at radius 3 is 2.87 bits per heavy atom. The van der Waals surface area contributed by atoms with E-state index in [0.717, 1.165) is 29.6 Å². The van der Waals surface area contributed by atoms with Crippen molar-refractivity contribution in [2.75, 3.05) is 20.1 Å². The van der Waals surface area contributed by atoms with Crippen LogP contribution in [0.25, 0.3) is 10.9 Å². The molecule has 0 amide bonds. The van der Waals surface area contributed by atoms with Gasteiger partial charge in [0.2, 0.25) is 0 Å². The molecule has 0 unspecified atom stereocenters. The van der Waals surface area contributed by atoms with Crippen LogP contribution in [-0.4, -0.2) is 47.0 Å². The predicted molar refractivity (Wildman–Crippen MR) is 95.8 cm³/mol. The van der Waals surface area contributed by atoms with E-state index in [1.807, 2.05) is 24.3 Å². The summed E-state index contributed by atoms with van der Waals surface area (Å²) >= 11 is 0. The molecule has 1 aromatic heterocycles. The van der Waals surface area contributed by atoms with Crippen molar-refractivity contribution in [3.8, 4) is 0 Å². The normalized spacial score (nSPS) is 22.8. The summed E-state index contributed by atoms with van der Waals surface area (Å²) in [5, 5.41) is 1.10. The van der Waals surface area contributed by atoms with Crippen molar-refractivity contribution in [3.05, 3.63) is 46.2 Å². The first-order valence-electron chi connectivity index (χ1n) is 8.63. The largest absolute Gasteiger partial charge is 0.322 e. The number of piperidine rings is 1. The maximum atomic E-state index is 12.3. The summed E-state index contributed by atoms with van der Waals surface area (Å²) < 4.78 is 0. The molecular weight excluding hydrogens is 286 g/mol. The third kappa shape index (κ3) is 3.48. The highest BCUT2D eigenvalue weighted by Crippen LogP contribution is 2.22. The van der Waals surface area contributed by atoms with Crippen LogP contribution in [0.3, 0.4) is 0 Å². The molecule has 0 aliphatic carbocycles. The van der Waals surface area contributed by atoms with Gasteiger partial charge in [-0.15, -0.1) is 0 Å². The summed E-state index contributed by atoms with van der Waals surface area (Å²) in [6, 6.07) is 11.2. The number of aromatic amines is 1.